The molecule has 0 spiro atoms. The minimum absolute atomic E-state index is 0.0683. The van der Waals surface area contributed by atoms with E-state index in [9.17, 15) is 4.79 Å². The smallest absolute Gasteiger partial charge is 0.272 e. The summed E-state index contributed by atoms with van der Waals surface area (Å²) in [4.78, 5) is 16.2. The van der Waals surface area contributed by atoms with Crippen LogP contribution in [0.25, 0.3) is 10.9 Å². The molecule has 0 amide bonds. The first-order chi connectivity index (χ1) is 5.68. The zero-order valence-electron chi connectivity index (χ0n) is 6.64. The zero-order chi connectivity index (χ0) is 8.72. The number of nitrogens with one attached hydrogen (secondary N) is 2. The molecule has 0 aromatic carbocycles. The first-order valence-corrected chi connectivity index (χ1v) is 3.15. The second kappa shape index (κ2) is 1.88. The predicted octanol–water partition coefficient (Wildman–Crippen LogP) is 0.438. The van der Waals surface area contributed by atoms with Gasteiger partial charge in [-0.3, -0.25) is 4.79 Å². The molecule has 0 aliphatic heterocycles. The van der Waals surface area contributed by atoms with Crippen LogP contribution in [0.15, 0.2) is 23.2 Å². The maximum atomic E-state index is 11.2. The van der Waals surface area contributed by atoms with E-state index in [1.807, 2.05) is 0 Å². The summed E-state index contributed by atoms with van der Waals surface area (Å²) >= 11 is 0. The molecule has 0 bridgehead atoms. The summed E-state index contributed by atoms with van der Waals surface area (Å²) in [5.74, 6) is 0. The number of hydrogen-bond donors (Lipinski definition) is 3. The predicted molar refractivity (Wildman–Crippen MR) is 43.3 cm³/mol. The number of hydrogen-bond acceptors (Lipinski definition) is 2. The fourth-order valence-corrected chi connectivity index (χ4v) is 1.03. The maximum absolute atomic E-state index is 11.2. The standard InChI is InChI=1S/C7H7N3O/c8-5-3-10-6-4(5)1-2-9-7(6)11/h1-3,10H,8H2,(H,9,11)/i2D. The molecule has 11 heavy (non-hydrogen) atoms. The molecule has 4 N–H and O–H groups in total. The molecule has 0 saturated heterocycles. The number of fused-ring (bicyclic) bond motifs is 1. The van der Waals surface area contributed by atoms with Crippen LogP contribution in [0.2, 0.25) is 0 Å². The van der Waals surface area contributed by atoms with Crippen molar-refractivity contribution in [3.8, 4) is 0 Å². The largest absolute Gasteiger partial charge is 0.397 e. The second-order valence-corrected chi connectivity index (χ2v) is 2.28. The Hall–Kier alpha value is -1.71. The molecule has 0 saturated carbocycles. The van der Waals surface area contributed by atoms with Crippen LogP contribution in [0.1, 0.15) is 1.37 Å². The highest BCUT2D eigenvalue weighted by Crippen LogP contribution is 2.14. The van der Waals surface area contributed by atoms with E-state index in [4.69, 9.17) is 7.10 Å². The van der Waals surface area contributed by atoms with Crippen LogP contribution in [-0.2, 0) is 0 Å². The molecule has 2 rings (SSSR count). The number of anilines is 1. The first kappa shape index (κ1) is 5.01. The Bertz CT molecular complexity index is 485. The van der Waals surface area contributed by atoms with E-state index in [0.29, 0.717) is 16.6 Å². The molecule has 0 atom stereocenters. The van der Waals surface area contributed by atoms with Crippen molar-refractivity contribution in [2.75, 3.05) is 5.73 Å². The molecular weight excluding hydrogens is 142 g/mol. The van der Waals surface area contributed by atoms with Gasteiger partial charge in [-0.2, -0.15) is 0 Å². The van der Waals surface area contributed by atoms with Crippen LogP contribution in [0.5, 0.6) is 0 Å². The monoisotopic (exact) mass is 150 g/mol. The normalized spacial score (nSPS) is 11.8. The van der Waals surface area contributed by atoms with Gasteiger partial charge in [0.15, 0.2) is 0 Å². The average Bonchev–Trinajstić information content (AvgIpc) is 2.33. The van der Waals surface area contributed by atoms with Crippen molar-refractivity contribution in [3.05, 3.63) is 28.8 Å². The fourth-order valence-electron chi connectivity index (χ4n) is 1.03. The van der Waals surface area contributed by atoms with Gasteiger partial charge in [0.2, 0.25) is 0 Å². The van der Waals surface area contributed by atoms with E-state index >= 15 is 0 Å². The Morgan fingerprint density at radius 1 is 1.55 bits per heavy atom. The summed E-state index contributed by atoms with van der Waals surface area (Å²) in [5, 5.41) is 0.601. The minimum atomic E-state index is -0.311. The zero-order valence-corrected chi connectivity index (χ0v) is 5.64. The van der Waals surface area contributed by atoms with E-state index in [1.165, 1.54) is 6.07 Å². The van der Waals surface area contributed by atoms with Crippen LogP contribution < -0.4 is 11.3 Å². The highest BCUT2D eigenvalue weighted by molar-refractivity contribution is 5.90. The summed E-state index contributed by atoms with van der Waals surface area (Å²) in [6.07, 6.45) is 1.61. The van der Waals surface area contributed by atoms with E-state index in [2.05, 4.69) is 9.97 Å². The van der Waals surface area contributed by atoms with Gasteiger partial charge in [0.25, 0.3) is 5.56 Å². The SMILES string of the molecule is [2H]c1cc2c(N)c[nH]c2c(=O)[nH]1. The topological polar surface area (TPSA) is 74.7 Å². The molecule has 2 aromatic heterocycles. The van der Waals surface area contributed by atoms with Gasteiger partial charge in [-0.05, 0) is 6.07 Å². The van der Waals surface area contributed by atoms with Crippen molar-refractivity contribution in [2.45, 2.75) is 0 Å². The average molecular weight is 150 g/mol. The van der Waals surface area contributed by atoms with E-state index in [0.717, 1.165) is 0 Å². The Kier molecular flexibility index (Phi) is 0.858. The third-order valence-corrected chi connectivity index (χ3v) is 1.58. The Labute approximate surface area is 63.4 Å². The lowest BCUT2D eigenvalue weighted by atomic mass is 10.3. The van der Waals surface area contributed by atoms with Gasteiger partial charge in [-0.25, -0.2) is 0 Å². The third-order valence-electron chi connectivity index (χ3n) is 1.58. The summed E-state index contributed by atoms with van der Waals surface area (Å²) in [6.45, 7) is 0. The maximum Gasteiger partial charge on any atom is 0.272 e. The molecule has 0 aliphatic rings. The lowest BCUT2D eigenvalue weighted by Crippen LogP contribution is -2.03. The Morgan fingerprint density at radius 3 is 3.18 bits per heavy atom. The van der Waals surface area contributed by atoms with Crippen LogP contribution in [0.3, 0.4) is 0 Å². The number of H-pyrrole nitrogens is 2. The van der Waals surface area contributed by atoms with Crippen molar-refractivity contribution < 1.29 is 1.37 Å². The lowest BCUT2D eigenvalue weighted by Gasteiger charge is -1.87. The van der Waals surface area contributed by atoms with Crippen molar-refractivity contribution in [1.82, 2.24) is 9.97 Å². The number of nitrogen functional groups attached to an aromatic ring is 1. The molecule has 0 aliphatic carbocycles. The molecule has 0 radical (unpaired) electrons. The highest BCUT2D eigenvalue weighted by atomic mass is 16.1. The minimum Gasteiger partial charge on any atom is -0.397 e. The van der Waals surface area contributed by atoms with Gasteiger partial charge in [0.05, 0.1) is 7.06 Å². The molecule has 2 aromatic rings. The summed E-state index contributed by atoms with van der Waals surface area (Å²) in [5.41, 5.74) is 6.15. The summed E-state index contributed by atoms with van der Waals surface area (Å²) in [7, 11) is 0. The highest BCUT2D eigenvalue weighted by Gasteiger charge is 2.00. The molecule has 2 heterocycles. The van der Waals surface area contributed by atoms with Crippen LogP contribution in [0, 0.1) is 0 Å². The van der Waals surface area contributed by atoms with E-state index < -0.39 is 0 Å². The van der Waals surface area contributed by atoms with Crippen LogP contribution in [0.4, 0.5) is 5.69 Å². The molecule has 4 nitrogen and oxygen atoms in total. The van der Waals surface area contributed by atoms with Gasteiger partial charge >= 0.3 is 0 Å². The number of pyridine rings is 1. The fraction of sp³-hybridized carbons (Fsp3) is 0. The van der Waals surface area contributed by atoms with Gasteiger partial charge in [0.1, 0.15) is 5.52 Å². The van der Waals surface area contributed by atoms with E-state index in [1.54, 1.807) is 6.20 Å². The van der Waals surface area contributed by atoms with Crippen molar-refractivity contribution >= 4 is 16.6 Å². The summed E-state index contributed by atoms with van der Waals surface area (Å²) in [6, 6.07) is 1.52. The molecule has 0 fully saturated rings. The van der Waals surface area contributed by atoms with Crippen molar-refractivity contribution in [1.29, 1.82) is 0 Å². The second-order valence-electron chi connectivity index (χ2n) is 2.28. The number of nitrogens with two attached hydrogens (primary N) is 1. The molecule has 56 valence electrons. The van der Waals surface area contributed by atoms with E-state index in [-0.39, 0.29) is 11.7 Å². The van der Waals surface area contributed by atoms with Crippen LogP contribution in [-0.4, -0.2) is 9.97 Å². The Balaban J connectivity index is 3.03. The first-order valence-electron chi connectivity index (χ1n) is 3.65. The number of aromatic nitrogens is 2. The summed E-state index contributed by atoms with van der Waals surface area (Å²) < 4.78 is 7.23. The number of rotatable bonds is 0. The van der Waals surface area contributed by atoms with Gasteiger partial charge in [-0.1, -0.05) is 0 Å². The van der Waals surface area contributed by atoms with Crippen molar-refractivity contribution in [3.63, 3.8) is 0 Å². The Morgan fingerprint density at radius 2 is 2.36 bits per heavy atom. The molecule has 0 unspecified atom stereocenters. The van der Waals surface area contributed by atoms with Gasteiger partial charge in [-0.15, -0.1) is 0 Å². The number of aromatic amines is 2. The molecule has 4 heteroatoms. The quantitative estimate of drug-likeness (QED) is 0.509. The van der Waals surface area contributed by atoms with Crippen molar-refractivity contribution in [2.24, 2.45) is 0 Å². The van der Waals surface area contributed by atoms with Crippen LogP contribution >= 0.6 is 0 Å². The van der Waals surface area contributed by atoms with Gasteiger partial charge in [0, 0.05) is 17.8 Å². The third kappa shape index (κ3) is 0.724. The van der Waals surface area contributed by atoms with Gasteiger partial charge < -0.3 is 15.7 Å². The molecular formula is C7H7N3O. The lowest BCUT2D eigenvalue weighted by molar-refractivity contribution is 1.26.